The minimum absolute atomic E-state index is 0.203. The van der Waals surface area contributed by atoms with Gasteiger partial charge in [-0.05, 0) is 17.4 Å². The molecule has 5 atom stereocenters. The van der Waals surface area contributed by atoms with Crippen molar-refractivity contribution in [3.63, 3.8) is 0 Å². The zero-order valence-electron chi connectivity index (χ0n) is 12.4. The molecular formula is C16H24O4. The highest BCUT2D eigenvalue weighted by Crippen LogP contribution is 2.28. The molecule has 0 spiro atoms. The summed E-state index contributed by atoms with van der Waals surface area (Å²) in [6, 6.07) is 9.97. The fraction of sp³-hybridized carbons (Fsp3) is 0.625. The predicted octanol–water partition coefficient (Wildman–Crippen LogP) is 2.21. The molecule has 0 amide bonds. The second kappa shape index (κ2) is 7.18. The summed E-state index contributed by atoms with van der Waals surface area (Å²) in [6.45, 7) is 5.25. The van der Waals surface area contributed by atoms with Gasteiger partial charge in [-0.2, -0.15) is 0 Å². The molecule has 0 unspecified atom stereocenters. The summed E-state index contributed by atoms with van der Waals surface area (Å²) in [5, 5.41) is 10.4. The van der Waals surface area contributed by atoms with Crippen LogP contribution in [0, 0.1) is 11.8 Å². The van der Waals surface area contributed by atoms with Gasteiger partial charge in [0, 0.05) is 7.11 Å². The number of hydrogen-bond donors (Lipinski definition) is 1. The maximum absolute atomic E-state index is 10.4. The lowest BCUT2D eigenvalue weighted by molar-refractivity contribution is -0.202. The Hall–Kier alpha value is -0.940. The van der Waals surface area contributed by atoms with Crippen LogP contribution in [0.25, 0.3) is 0 Å². The van der Waals surface area contributed by atoms with Crippen LogP contribution >= 0.6 is 0 Å². The zero-order valence-corrected chi connectivity index (χ0v) is 12.4. The van der Waals surface area contributed by atoms with Crippen molar-refractivity contribution in [3.8, 4) is 0 Å². The Morgan fingerprint density at radius 2 is 1.95 bits per heavy atom. The van der Waals surface area contributed by atoms with E-state index in [1.165, 1.54) is 0 Å². The standard InChI is InChI=1S/C16H24O4/c1-11-9-20-16(18-3)14(17)15(12(11)2)19-10-13-7-5-4-6-8-13/h4-8,11-12,14-17H,9-10H2,1-3H3/t11-,12-,14+,15+,16+/m1/s1. The largest absolute Gasteiger partial charge is 0.385 e. The fourth-order valence-corrected chi connectivity index (χ4v) is 2.51. The number of hydrogen-bond acceptors (Lipinski definition) is 4. The Morgan fingerprint density at radius 1 is 1.25 bits per heavy atom. The summed E-state index contributed by atoms with van der Waals surface area (Å²) in [5.41, 5.74) is 1.10. The van der Waals surface area contributed by atoms with Gasteiger partial charge in [-0.3, -0.25) is 0 Å². The Kier molecular flexibility index (Phi) is 5.54. The van der Waals surface area contributed by atoms with E-state index in [-0.39, 0.29) is 12.0 Å². The van der Waals surface area contributed by atoms with Crippen LogP contribution in [0.4, 0.5) is 0 Å². The Labute approximate surface area is 120 Å². The third kappa shape index (κ3) is 3.58. The molecule has 1 aliphatic rings. The molecule has 1 heterocycles. The lowest BCUT2D eigenvalue weighted by Crippen LogP contribution is -2.43. The van der Waals surface area contributed by atoms with E-state index in [2.05, 4.69) is 13.8 Å². The Bertz CT molecular complexity index is 395. The lowest BCUT2D eigenvalue weighted by atomic mass is 9.89. The second-order valence-electron chi connectivity index (χ2n) is 5.53. The molecular weight excluding hydrogens is 256 g/mol. The molecule has 0 aliphatic carbocycles. The van der Waals surface area contributed by atoms with E-state index >= 15 is 0 Å². The van der Waals surface area contributed by atoms with Crippen molar-refractivity contribution in [2.45, 2.75) is 39.0 Å². The highest BCUT2D eigenvalue weighted by Gasteiger charge is 2.39. The van der Waals surface area contributed by atoms with E-state index in [1.807, 2.05) is 30.3 Å². The molecule has 112 valence electrons. The Morgan fingerprint density at radius 3 is 2.60 bits per heavy atom. The van der Waals surface area contributed by atoms with Crippen LogP contribution in [0.15, 0.2) is 30.3 Å². The van der Waals surface area contributed by atoms with Crippen LogP contribution < -0.4 is 0 Å². The van der Waals surface area contributed by atoms with Gasteiger partial charge in [-0.15, -0.1) is 0 Å². The monoisotopic (exact) mass is 280 g/mol. The summed E-state index contributed by atoms with van der Waals surface area (Å²) in [5.74, 6) is 0.513. The molecule has 20 heavy (non-hydrogen) atoms. The second-order valence-corrected chi connectivity index (χ2v) is 5.53. The molecule has 0 saturated carbocycles. The third-order valence-electron chi connectivity index (χ3n) is 4.07. The molecule has 1 aromatic carbocycles. The number of methoxy groups -OCH3 is 1. The molecule has 2 rings (SSSR count). The average Bonchev–Trinajstić information content (AvgIpc) is 2.57. The molecule has 0 radical (unpaired) electrons. The minimum Gasteiger partial charge on any atom is -0.385 e. The number of aliphatic hydroxyl groups excluding tert-OH is 1. The van der Waals surface area contributed by atoms with Gasteiger partial charge in [0.1, 0.15) is 6.10 Å². The molecule has 1 fully saturated rings. The normalized spacial score (nSPS) is 34.7. The highest BCUT2D eigenvalue weighted by molar-refractivity contribution is 5.13. The summed E-state index contributed by atoms with van der Waals surface area (Å²) in [7, 11) is 1.54. The maximum Gasteiger partial charge on any atom is 0.185 e. The number of rotatable bonds is 4. The first kappa shape index (κ1) is 15.4. The van der Waals surface area contributed by atoms with Gasteiger partial charge in [-0.1, -0.05) is 44.2 Å². The molecule has 4 nitrogen and oxygen atoms in total. The van der Waals surface area contributed by atoms with Crippen molar-refractivity contribution < 1.29 is 19.3 Å². The molecule has 1 aromatic rings. The van der Waals surface area contributed by atoms with Crippen molar-refractivity contribution in [2.75, 3.05) is 13.7 Å². The van der Waals surface area contributed by atoms with Crippen LogP contribution in [0.2, 0.25) is 0 Å². The molecule has 1 aliphatic heterocycles. The smallest absolute Gasteiger partial charge is 0.185 e. The first-order valence-corrected chi connectivity index (χ1v) is 7.11. The van der Waals surface area contributed by atoms with Crippen molar-refractivity contribution in [2.24, 2.45) is 11.8 Å². The minimum atomic E-state index is -0.774. The van der Waals surface area contributed by atoms with Crippen LogP contribution in [-0.4, -0.2) is 37.3 Å². The van der Waals surface area contributed by atoms with Crippen LogP contribution in [0.3, 0.4) is 0 Å². The van der Waals surface area contributed by atoms with Crippen molar-refractivity contribution in [3.05, 3.63) is 35.9 Å². The highest BCUT2D eigenvalue weighted by atomic mass is 16.7. The van der Waals surface area contributed by atoms with Gasteiger partial charge in [0.05, 0.1) is 19.3 Å². The van der Waals surface area contributed by atoms with Gasteiger partial charge >= 0.3 is 0 Å². The van der Waals surface area contributed by atoms with Gasteiger partial charge in [0.2, 0.25) is 0 Å². The predicted molar refractivity (Wildman–Crippen MR) is 76.1 cm³/mol. The van der Waals surface area contributed by atoms with E-state index in [1.54, 1.807) is 7.11 Å². The zero-order chi connectivity index (χ0) is 14.5. The number of ether oxygens (including phenoxy) is 3. The van der Waals surface area contributed by atoms with Gasteiger partial charge in [0.15, 0.2) is 6.29 Å². The van der Waals surface area contributed by atoms with E-state index < -0.39 is 12.4 Å². The summed E-state index contributed by atoms with van der Waals surface area (Å²) < 4.78 is 16.8. The first-order chi connectivity index (χ1) is 9.63. The first-order valence-electron chi connectivity index (χ1n) is 7.11. The van der Waals surface area contributed by atoms with E-state index in [4.69, 9.17) is 14.2 Å². The topological polar surface area (TPSA) is 47.9 Å². The SMILES string of the molecule is CO[C@H]1OC[C@@H](C)[C@@H](C)[C@H](OCc2ccccc2)[C@@H]1O. The van der Waals surface area contributed by atoms with Crippen molar-refractivity contribution >= 4 is 0 Å². The molecule has 1 N–H and O–H groups in total. The number of benzene rings is 1. The molecule has 0 bridgehead atoms. The van der Waals surface area contributed by atoms with Crippen LogP contribution in [0.5, 0.6) is 0 Å². The Balaban J connectivity index is 2.05. The van der Waals surface area contributed by atoms with E-state index in [0.29, 0.717) is 19.1 Å². The summed E-state index contributed by atoms with van der Waals surface area (Å²) in [6.07, 6.45) is -1.69. The number of aliphatic hydroxyl groups is 1. The summed E-state index contributed by atoms with van der Waals surface area (Å²) in [4.78, 5) is 0. The lowest BCUT2D eigenvalue weighted by Gasteiger charge is -2.30. The van der Waals surface area contributed by atoms with Crippen LogP contribution in [-0.2, 0) is 20.8 Å². The fourth-order valence-electron chi connectivity index (χ4n) is 2.51. The average molecular weight is 280 g/mol. The van der Waals surface area contributed by atoms with Crippen molar-refractivity contribution in [1.82, 2.24) is 0 Å². The quantitative estimate of drug-likeness (QED) is 0.918. The molecule has 1 saturated heterocycles. The van der Waals surface area contributed by atoms with Gasteiger partial charge < -0.3 is 19.3 Å². The van der Waals surface area contributed by atoms with Crippen molar-refractivity contribution in [1.29, 1.82) is 0 Å². The van der Waals surface area contributed by atoms with E-state index in [9.17, 15) is 5.11 Å². The van der Waals surface area contributed by atoms with Gasteiger partial charge in [0.25, 0.3) is 0 Å². The van der Waals surface area contributed by atoms with E-state index in [0.717, 1.165) is 5.56 Å². The van der Waals surface area contributed by atoms with Gasteiger partial charge in [-0.25, -0.2) is 0 Å². The third-order valence-corrected chi connectivity index (χ3v) is 4.07. The summed E-state index contributed by atoms with van der Waals surface area (Å²) >= 11 is 0. The molecule has 0 aromatic heterocycles. The molecule has 4 heteroatoms. The maximum atomic E-state index is 10.4. The van der Waals surface area contributed by atoms with Crippen LogP contribution in [0.1, 0.15) is 19.4 Å².